The monoisotopic (exact) mass is 259 g/mol. The van der Waals surface area contributed by atoms with Gasteiger partial charge in [-0.2, -0.15) is 0 Å². The molecular weight excluding hydrogens is 230 g/mol. The molecule has 1 aromatic rings. The van der Waals surface area contributed by atoms with Crippen molar-refractivity contribution >= 4 is 0 Å². The van der Waals surface area contributed by atoms with Crippen LogP contribution in [0.25, 0.3) is 0 Å². The molecule has 1 saturated carbocycles. The molecule has 0 radical (unpaired) electrons. The molecule has 1 N–H and O–H groups in total. The lowest BCUT2D eigenvalue weighted by molar-refractivity contribution is 0.380. The summed E-state index contributed by atoms with van der Waals surface area (Å²) >= 11 is 0. The van der Waals surface area contributed by atoms with E-state index in [1.54, 1.807) is 0 Å². The fraction of sp³-hybridized carbons (Fsp3) is 0.667. The van der Waals surface area contributed by atoms with E-state index >= 15 is 0 Å². The zero-order valence-corrected chi connectivity index (χ0v) is 13.0. The summed E-state index contributed by atoms with van der Waals surface area (Å²) in [6.07, 6.45) is 5.68. The maximum Gasteiger partial charge on any atom is 0.0208 e. The van der Waals surface area contributed by atoms with E-state index in [-0.39, 0.29) is 5.41 Å². The highest BCUT2D eigenvalue weighted by molar-refractivity contribution is 5.27. The molecule has 19 heavy (non-hydrogen) atoms. The van der Waals surface area contributed by atoms with E-state index in [2.05, 4.69) is 57.3 Å². The Hall–Kier alpha value is -0.820. The van der Waals surface area contributed by atoms with Crippen LogP contribution in [-0.4, -0.2) is 6.04 Å². The van der Waals surface area contributed by atoms with E-state index in [4.69, 9.17) is 0 Å². The number of nitrogens with one attached hydrogen (secondary N) is 1. The summed E-state index contributed by atoms with van der Waals surface area (Å²) in [6, 6.07) is 9.75. The van der Waals surface area contributed by atoms with Crippen molar-refractivity contribution in [3.63, 3.8) is 0 Å². The van der Waals surface area contributed by atoms with E-state index in [1.807, 2.05) is 0 Å². The molecule has 1 aliphatic rings. The van der Waals surface area contributed by atoms with Gasteiger partial charge in [-0.25, -0.2) is 0 Å². The molecule has 106 valence electrons. The SMILES string of the molecule is C[C@@H](NCc1ccc(C(C)(C)C)cc1)C1CCCC1. The van der Waals surface area contributed by atoms with Crippen molar-refractivity contribution in [3.8, 4) is 0 Å². The molecular formula is C18H29N. The van der Waals surface area contributed by atoms with Crippen molar-refractivity contribution in [3.05, 3.63) is 35.4 Å². The molecule has 0 spiro atoms. The number of hydrogen-bond acceptors (Lipinski definition) is 1. The fourth-order valence-electron chi connectivity index (χ4n) is 3.03. The maximum atomic E-state index is 3.70. The molecule has 1 fully saturated rings. The third kappa shape index (κ3) is 4.07. The van der Waals surface area contributed by atoms with E-state index in [0.717, 1.165) is 12.5 Å². The van der Waals surface area contributed by atoms with E-state index < -0.39 is 0 Å². The van der Waals surface area contributed by atoms with Crippen LogP contribution in [0.15, 0.2) is 24.3 Å². The van der Waals surface area contributed by atoms with Crippen molar-refractivity contribution in [2.45, 2.75) is 71.4 Å². The summed E-state index contributed by atoms with van der Waals surface area (Å²) in [5.74, 6) is 0.897. The maximum absolute atomic E-state index is 3.70. The second-order valence-corrected chi connectivity index (χ2v) is 7.16. The largest absolute Gasteiger partial charge is 0.310 e. The molecule has 1 atom stereocenters. The second-order valence-electron chi connectivity index (χ2n) is 7.16. The van der Waals surface area contributed by atoms with Gasteiger partial charge in [0.1, 0.15) is 0 Å². The molecule has 0 heterocycles. The smallest absolute Gasteiger partial charge is 0.0208 e. The minimum Gasteiger partial charge on any atom is -0.310 e. The topological polar surface area (TPSA) is 12.0 Å². The van der Waals surface area contributed by atoms with Crippen LogP contribution < -0.4 is 5.32 Å². The Kier molecular flexibility index (Phi) is 4.67. The standard InChI is InChI=1S/C18H29N/c1-14(16-7-5-6-8-16)19-13-15-9-11-17(12-10-15)18(2,3)4/h9-12,14,16,19H,5-8,13H2,1-4H3/t14-/m1/s1. The van der Waals surface area contributed by atoms with Gasteiger partial charge >= 0.3 is 0 Å². The second kappa shape index (κ2) is 6.09. The first-order valence-electron chi connectivity index (χ1n) is 7.79. The van der Waals surface area contributed by atoms with Gasteiger partial charge in [0.15, 0.2) is 0 Å². The van der Waals surface area contributed by atoms with Crippen LogP contribution in [0.4, 0.5) is 0 Å². The first kappa shape index (κ1) is 14.6. The molecule has 1 heteroatoms. The summed E-state index contributed by atoms with van der Waals surface area (Å²) in [5.41, 5.74) is 3.07. The predicted octanol–water partition coefficient (Wildman–Crippen LogP) is 4.65. The Balaban J connectivity index is 1.86. The summed E-state index contributed by atoms with van der Waals surface area (Å²) in [4.78, 5) is 0. The van der Waals surface area contributed by atoms with Gasteiger partial charge in [-0.3, -0.25) is 0 Å². The first-order valence-corrected chi connectivity index (χ1v) is 7.79. The third-order valence-corrected chi connectivity index (χ3v) is 4.56. The highest BCUT2D eigenvalue weighted by atomic mass is 14.9. The molecule has 0 aromatic heterocycles. The Bertz CT molecular complexity index is 379. The summed E-state index contributed by atoms with van der Waals surface area (Å²) < 4.78 is 0. The van der Waals surface area contributed by atoms with E-state index in [9.17, 15) is 0 Å². The van der Waals surface area contributed by atoms with Gasteiger partial charge in [0.2, 0.25) is 0 Å². The van der Waals surface area contributed by atoms with E-state index in [0.29, 0.717) is 6.04 Å². The van der Waals surface area contributed by atoms with Crippen LogP contribution in [0.5, 0.6) is 0 Å². The number of rotatable bonds is 4. The van der Waals surface area contributed by atoms with Gasteiger partial charge in [-0.05, 0) is 42.2 Å². The van der Waals surface area contributed by atoms with Gasteiger partial charge in [0.25, 0.3) is 0 Å². The van der Waals surface area contributed by atoms with Crippen LogP contribution in [0.1, 0.15) is 64.5 Å². The fourth-order valence-corrected chi connectivity index (χ4v) is 3.03. The lowest BCUT2D eigenvalue weighted by Gasteiger charge is -2.21. The average molecular weight is 259 g/mol. The third-order valence-electron chi connectivity index (χ3n) is 4.56. The molecule has 1 aromatic carbocycles. The zero-order chi connectivity index (χ0) is 13.9. The van der Waals surface area contributed by atoms with Crippen LogP contribution in [0.2, 0.25) is 0 Å². The van der Waals surface area contributed by atoms with Crippen molar-refractivity contribution in [2.75, 3.05) is 0 Å². The Morgan fingerprint density at radius 3 is 2.21 bits per heavy atom. The molecule has 0 saturated heterocycles. The Morgan fingerprint density at radius 1 is 1.11 bits per heavy atom. The predicted molar refractivity (Wildman–Crippen MR) is 83.4 cm³/mol. The van der Waals surface area contributed by atoms with Crippen molar-refractivity contribution in [1.82, 2.24) is 5.32 Å². The molecule has 0 aliphatic heterocycles. The van der Waals surface area contributed by atoms with E-state index in [1.165, 1.54) is 36.8 Å². The van der Waals surface area contributed by atoms with Gasteiger partial charge in [-0.15, -0.1) is 0 Å². The molecule has 0 amide bonds. The lowest BCUT2D eigenvalue weighted by Crippen LogP contribution is -2.31. The van der Waals surface area contributed by atoms with Crippen LogP contribution in [-0.2, 0) is 12.0 Å². The number of hydrogen-bond donors (Lipinski definition) is 1. The highest BCUT2D eigenvalue weighted by Gasteiger charge is 2.20. The van der Waals surface area contributed by atoms with Crippen LogP contribution in [0.3, 0.4) is 0 Å². The summed E-state index contributed by atoms with van der Waals surface area (Å²) in [6.45, 7) is 10.1. The van der Waals surface area contributed by atoms with Crippen molar-refractivity contribution < 1.29 is 0 Å². The minimum atomic E-state index is 0.253. The Morgan fingerprint density at radius 2 is 1.68 bits per heavy atom. The Labute approximate surface area is 118 Å². The molecule has 0 bridgehead atoms. The molecule has 1 nitrogen and oxygen atoms in total. The highest BCUT2D eigenvalue weighted by Crippen LogP contribution is 2.27. The quantitative estimate of drug-likeness (QED) is 0.829. The van der Waals surface area contributed by atoms with Gasteiger partial charge < -0.3 is 5.32 Å². The van der Waals surface area contributed by atoms with Crippen molar-refractivity contribution in [1.29, 1.82) is 0 Å². The van der Waals surface area contributed by atoms with Crippen molar-refractivity contribution in [2.24, 2.45) is 5.92 Å². The molecule has 1 aliphatic carbocycles. The lowest BCUT2D eigenvalue weighted by atomic mass is 9.87. The minimum absolute atomic E-state index is 0.253. The average Bonchev–Trinajstić information content (AvgIpc) is 2.89. The number of benzene rings is 1. The first-order chi connectivity index (χ1) is 8.97. The van der Waals surface area contributed by atoms with Gasteiger partial charge in [-0.1, -0.05) is 57.9 Å². The summed E-state index contributed by atoms with van der Waals surface area (Å²) in [5, 5.41) is 3.70. The molecule has 0 unspecified atom stereocenters. The van der Waals surface area contributed by atoms with Gasteiger partial charge in [0.05, 0.1) is 0 Å². The van der Waals surface area contributed by atoms with Gasteiger partial charge in [0, 0.05) is 12.6 Å². The van der Waals surface area contributed by atoms with Crippen LogP contribution >= 0.6 is 0 Å². The molecule has 2 rings (SSSR count). The normalized spacial score (nSPS) is 18.7. The summed E-state index contributed by atoms with van der Waals surface area (Å²) in [7, 11) is 0. The van der Waals surface area contributed by atoms with Crippen LogP contribution in [0, 0.1) is 5.92 Å². The zero-order valence-electron chi connectivity index (χ0n) is 13.0.